The summed E-state index contributed by atoms with van der Waals surface area (Å²) in [6, 6.07) is 4.76. The first-order valence-electron chi connectivity index (χ1n) is 4.42. The summed E-state index contributed by atoms with van der Waals surface area (Å²) in [4.78, 5) is 0. The van der Waals surface area contributed by atoms with Crippen molar-refractivity contribution in [2.45, 2.75) is 19.1 Å². The number of rotatable bonds is 3. The fourth-order valence-corrected chi connectivity index (χ4v) is 1.16. The molecule has 1 aromatic carbocycles. The Bertz CT molecular complexity index is 314. The van der Waals surface area contributed by atoms with Crippen molar-refractivity contribution in [1.82, 2.24) is 0 Å². The van der Waals surface area contributed by atoms with Gasteiger partial charge in [0.15, 0.2) is 0 Å². The number of benzene rings is 1. The summed E-state index contributed by atoms with van der Waals surface area (Å²) in [6.45, 7) is 1.74. The van der Waals surface area contributed by atoms with E-state index in [-0.39, 0.29) is 12.3 Å². The van der Waals surface area contributed by atoms with Crippen molar-refractivity contribution in [2.24, 2.45) is 5.73 Å². The molecule has 5 N–H and O–H groups in total. The molecular formula is C10H15NO3. The zero-order chi connectivity index (χ0) is 10.7. The summed E-state index contributed by atoms with van der Waals surface area (Å²) in [5.74, 6) is 0.103. The van der Waals surface area contributed by atoms with Gasteiger partial charge in [-0.2, -0.15) is 0 Å². The molecule has 2 unspecified atom stereocenters. The second kappa shape index (κ2) is 4.41. The van der Waals surface area contributed by atoms with Crippen LogP contribution >= 0.6 is 0 Å². The summed E-state index contributed by atoms with van der Waals surface area (Å²) >= 11 is 0. The molecule has 0 bridgehead atoms. The van der Waals surface area contributed by atoms with Crippen molar-refractivity contribution in [1.29, 1.82) is 0 Å². The van der Waals surface area contributed by atoms with E-state index in [1.165, 1.54) is 6.07 Å². The lowest BCUT2D eigenvalue weighted by molar-refractivity contribution is 0.0242. The molecule has 4 heteroatoms. The highest BCUT2D eigenvalue weighted by Crippen LogP contribution is 2.23. The van der Waals surface area contributed by atoms with Crippen molar-refractivity contribution < 1.29 is 15.3 Å². The van der Waals surface area contributed by atoms with Gasteiger partial charge in [-0.05, 0) is 24.1 Å². The van der Waals surface area contributed by atoms with Crippen molar-refractivity contribution in [3.05, 3.63) is 29.3 Å². The van der Waals surface area contributed by atoms with Crippen molar-refractivity contribution in [3.63, 3.8) is 0 Å². The Kier molecular flexibility index (Phi) is 3.46. The van der Waals surface area contributed by atoms with Gasteiger partial charge >= 0.3 is 0 Å². The summed E-state index contributed by atoms with van der Waals surface area (Å²) in [6.07, 6.45) is -2.05. The van der Waals surface area contributed by atoms with Gasteiger partial charge in [0.25, 0.3) is 0 Å². The number of hydrogen-bond donors (Lipinski definition) is 4. The van der Waals surface area contributed by atoms with Crippen molar-refractivity contribution in [3.8, 4) is 5.75 Å². The Hall–Kier alpha value is -1.10. The van der Waals surface area contributed by atoms with Gasteiger partial charge in [-0.1, -0.05) is 12.1 Å². The molecule has 1 aromatic rings. The number of aromatic hydroxyl groups is 1. The number of phenolic OH excluding ortho intramolecular Hbond substituents is 1. The van der Waals surface area contributed by atoms with E-state index in [2.05, 4.69) is 0 Å². The molecule has 14 heavy (non-hydrogen) atoms. The number of nitrogens with two attached hydrogens (primary N) is 1. The minimum Gasteiger partial charge on any atom is -0.508 e. The van der Waals surface area contributed by atoms with E-state index in [4.69, 9.17) is 5.73 Å². The van der Waals surface area contributed by atoms with E-state index in [0.29, 0.717) is 5.56 Å². The molecule has 0 heterocycles. The van der Waals surface area contributed by atoms with Crippen LogP contribution in [0.4, 0.5) is 0 Å². The van der Waals surface area contributed by atoms with Crippen LogP contribution in [-0.2, 0) is 0 Å². The van der Waals surface area contributed by atoms with Crippen LogP contribution in [0.25, 0.3) is 0 Å². The minimum atomic E-state index is -1.05. The maximum Gasteiger partial charge on any atom is 0.118 e. The molecular weight excluding hydrogens is 182 g/mol. The van der Waals surface area contributed by atoms with Crippen LogP contribution in [0, 0.1) is 6.92 Å². The Morgan fingerprint density at radius 2 is 2.00 bits per heavy atom. The lowest BCUT2D eigenvalue weighted by atomic mass is 10.0. The molecule has 0 aliphatic heterocycles. The van der Waals surface area contributed by atoms with E-state index >= 15 is 0 Å². The van der Waals surface area contributed by atoms with Gasteiger partial charge in [0.05, 0.1) is 6.10 Å². The highest BCUT2D eigenvalue weighted by molar-refractivity contribution is 5.36. The Balaban J connectivity index is 2.91. The molecule has 78 valence electrons. The van der Waals surface area contributed by atoms with E-state index in [1.54, 1.807) is 19.1 Å². The molecule has 0 radical (unpaired) electrons. The average Bonchev–Trinajstić information content (AvgIpc) is 2.20. The van der Waals surface area contributed by atoms with Gasteiger partial charge in [-0.15, -0.1) is 0 Å². The van der Waals surface area contributed by atoms with Crippen molar-refractivity contribution in [2.75, 3.05) is 6.54 Å². The second-order valence-corrected chi connectivity index (χ2v) is 3.29. The van der Waals surface area contributed by atoms with E-state index < -0.39 is 12.2 Å². The first kappa shape index (κ1) is 11.0. The topological polar surface area (TPSA) is 86.7 Å². The molecule has 0 saturated heterocycles. The summed E-state index contributed by atoms with van der Waals surface area (Å²) < 4.78 is 0. The Morgan fingerprint density at radius 3 is 2.50 bits per heavy atom. The monoisotopic (exact) mass is 197 g/mol. The maximum atomic E-state index is 9.56. The van der Waals surface area contributed by atoms with Crippen LogP contribution in [-0.4, -0.2) is 28.0 Å². The maximum absolute atomic E-state index is 9.56. The molecule has 2 atom stereocenters. The fraction of sp³-hybridized carbons (Fsp3) is 0.400. The normalized spacial score (nSPS) is 15.1. The molecule has 0 aromatic heterocycles. The van der Waals surface area contributed by atoms with Gasteiger partial charge in [0.2, 0.25) is 0 Å². The predicted molar refractivity (Wildman–Crippen MR) is 52.9 cm³/mol. The van der Waals surface area contributed by atoms with Crippen LogP contribution < -0.4 is 5.73 Å². The van der Waals surface area contributed by atoms with E-state index in [0.717, 1.165) is 5.56 Å². The second-order valence-electron chi connectivity index (χ2n) is 3.29. The standard InChI is InChI=1S/C10H15NO3/c1-6-2-3-7(4-8(6)12)10(14)9(13)5-11/h2-4,9-10,12-14H,5,11H2,1H3. The SMILES string of the molecule is Cc1ccc(C(O)C(O)CN)cc1O. The lowest BCUT2D eigenvalue weighted by Crippen LogP contribution is -2.27. The molecule has 0 aliphatic carbocycles. The van der Waals surface area contributed by atoms with Crippen LogP contribution in [0.15, 0.2) is 18.2 Å². The molecule has 0 amide bonds. The Morgan fingerprint density at radius 1 is 1.36 bits per heavy atom. The molecule has 1 rings (SSSR count). The third-order valence-electron chi connectivity index (χ3n) is 2.18. The third-order valence-corrected chi connectivity index (χ3v) is 2.18. The van der Waals surface area contributed by atoms with Gasteiger partial charge in [0.1, 0.15) is 11.9 Å². The number of aliphatic hydroxyl groups is 2. The molecule has 0 spiro atoms. The number of aliphatic hydroxyl groups excluding tert-OH is 2. The fourth-order valence-electron chi connectivity index (χ4n) is 1.16. The predicted octanol–water partition coefficient (Wildman–Crippen LogP) is 0.0536. The summed E-state index contributed by atoms with van der Waals surface area (Å²) in [5, 5.41) is 28.2. The van der Waals surface area contributed by atoms with Gasteiger partial charge in [-0.3, -0.25) is 0 Å². The summed E-state index contributed by atoms with van der Waals surface area (Å²) in [7, 11) is 0. The average molecular weight is 197 g/mol. The highest BCUT2D eigenvalue weighted by atomic mass is 16.3. The van der Waals surface area contributed by atoms with Gasteiger partial charge in [-0.25, -0.2) is 0 Å². The number of aryl methyl sites for hydroxylation is 1. The third kappa shape index (κ3) is 2.23. The number of phenols is 1. The quantitative estimate of drug-likeness (QED) is 0.551. The first-order valence-corrected chi connectivity index (χ1v) is 4.42. The first-order chi connectivity index (χ1) is 6.56. The van der Waals surface area contributed by atoms with Crippen LogP contribution in [0.1, 0.15) is 17.2 Å². The van der Waals surface area contributed by atoms with Crippen LogP contribution in [0.5, 0.6) is 5.75 Å². The molecule has 0 fully saturated rings. The van der Waals surface area contributed by atoms with E-state index in [9.17, 15) is 15.3 Å². The largest absolute Gasteiger partial charge is 0.508 e. The highest BCUT2D eigenvalue weighted by Gasteiger charge is 2.17. The Labute approximate surface area is 82.6 Å². The minimum absolute atomic E-state index is 0.0181. The zero-order valence-electron chi connectivity index (χ0n) is 8.01. The van der Waals surface area contributed by atoms with Gasteiger partial charge in [0, 0.05) is 6.54 Å². The van der Waals surface area contributed by atoms with Crippen LogP contribution in [0.2, 0.25) is 0 Å². The molecule has 0 saturated carbocycles. The van der Waals surface area contributed by atoms with Crippen LogP contribution in [0.3, 0.4) is 0 Å². The van der Waals surface area contributed by atoms with Crippen molar-refractivity contribution >= 4 is 0 Å². The number of hydrogen-bond acceptors (Lipinski definition) is 4. The summed E-state index contributed by atoms with van der Waals surface area (Å²) in [5.41, 5.74) is 6.39. The molecule has 4 nitrogen and oxygen atoms in total. The zero-order valence-corrected chi connectivity index (χ0v) is 8.01. The smallest absolute Gasteiger partial charge is 0.118 e. The van der Waals surface area contributed by atoms with E-state index in [1.807, 2.05) is 0 Å². The molecule has 0 aliphatic rings. The lowest BCUT2D eigenvalue weighted by Gasteiger charge is -2.16. The van der Waals surface area contributed by atoms with Gasteiger partial charge < -0.3 is 21.1 Å².